The fourth-order valence-corrected chi connectivity index (χ4v) is 3.34. The summed E-state index contributed by atoms with van der Waals surface area (Å²) in [5, 5.41) is 5.56. The molecule has 0 atom stereocenters. The van der Waals surface area contributed by atoms with Crippen LogP contribution >= 0.6 is 11.6 Å². The number of hydrogen-bond acceptors (Lipinski definition) is 6. The first kappa shape index (κ1) is 24.6. The van der Waals surface area contributed by atoms with Crippen molar-refractivity contribution in [3.63, 3.8) is 0 Å². The number of nitrogens with one attached hydrogen (secondary N) is 2. The molecule has 9 heteroatoms. The highest BCUT2D eigenvalue weighted by Gasteiger charge is 2.22. The molecule has 0 radical (unpaired) electrons. The Morgan fingerprint density at radius 2 is 1.56 bits per heavy atom. The first-order chi connectivity index (χ1) is 16.3. The van der Waals surface area contributed by atoms with Crippen molar-refractivity contribution in [3.8, 4) is 11.5 Å². The van der Waals surface area contributed by atoms with Gasteiger partial charge in [0.1, 0.15) is 0 Å². The summed E-state index contributed by atoms with van der Waals surface area (Å²) < 4.78 is 15.7. The van der Waals surface area contributed by atoms with Gasteiger partial charge in [0, 0.05) is 17.8 Å². The van der Waals surface area contributed by atoms with Gasteiger partial charge in [-0.25, -0.2) is 4.79 Å². The predicted molar refractivity (Wildman–Crippen MR) is 129 cm³/mol. The van der Waals surface area contributed by atoms with Crippen LogP contribution < -0.4 is 20.1 Å². The van der Waals surface area contributed by atoms with Crippen molar-refractivity contribution in [1.82, 2.24) is 0 Å². The van der Waals surface area contributed by atoms with Crippen LogP contribution in [0.2, 0.25) is 5.02 Å². The first-order valence-electron chi connectivity index (χ1n) is 10.2. The van der Waals surface area contributed by atoms with Crippen LogP contribution in [0.15, 0.2) is 60.7 Å². The van der Waals surface area contributed by atoms with Gasteiger partial charge in [-0.1, -0.05) is 35.9 Å². The number of carbonyl (C=O) groups is 3. The lowest BCUT2D eigenvalue weighted by Crippen LogP contribution is -2.22. The lowest BCUT2D eigenvalue weighted by atomic mass is 10.1. The Morgan fingerprint density at radius 3 is 2.24 bits per heavy atom. The fraction of sp³-hybridized carbons (Fsp3) is 0.160. The number of methoxy groups -OCH3 is 2. The maximum atomic E-state index is 12.9. The van der Waals surface area contributed by atoms with Crippen LogP contribution in [0, 0.1) is 6.92 Å². The molecule has 0 fully saturated rings. The van der Waals surface area contributed by atoms with Crippen molar-refractivity contribution in [2.75, 3.05) is 31.5 Å². The minimum atomic E-state index is -0.838. The van der Waals surface area contributed by atoms with E-state index in [0.717, 1.165) is 5.56 Å². The second kappa shape index (κ2) is 11.2. The third kappa shape index (κ3) is 6.05. The lowest BCUT2D eigenvalue weighted by Gasteiger charge is -2.15. The molecule has 176 valence electrons. The SMILES string of the molecule is COc1cc(NC(=O)c2ccccc2Cl)c(C(=O)OCC(=O)Nc2cccc(C)c2)cc1OC. The Bertz CT molecular complexity index is 1230. The Kier molecular flexibility index (Phi) is 8.10. The quantitative estimate of drug-likeness (QED) is 0.450. The average molecular weight is 483 g/mol. The molecule has 0 aromatic heterocycles. The highest BCUT2D eigenvalue weighted by Crippen LogP contribution is 2.34. The van der Waals surface area contributed by atoms with Crippen molar-refractivity contribution in [1.29, 1.82) is 0 Å². The molecule has 8 nitrogen and oxygen atoms in total. The third-order valence-electron chi connectivity index (χ3n) is 4.75. The third-order valence-corrected chi connectivity index (χ3v) is 5.08. The number of esters is 1. The molecule has 0 aliphatic rings. The van der Waals surface area contributed by atoms with Gasteiger partial charge in [0.25, 0.3) is 11.8 Å². The van der Waals surface area contributed by atoms with Gasteiger partial charge < -0.3 is 24.8 Å². The van der Waals surface area contributed by atoms with Gasteiger partial charge in [0.2, 0.25) is 0 Å². The van der Waals surface area contributed by atoms with Gasteiger partial charge in [-0.15, -0.1) is 0 Å². The molecular formula is C25H23ClN2O6. The lowest BCUT2D eigenvalue weighted by molar-refractivity contribution is -0.119. The number of rotatable bonds is 8. The number of carbonyl (C=O) groups excluding carboxylic acids is 3. The maximum absolute atomic E-state index is 12.9. The minimum Gasteiger partial charge on any atom is -0.493 e. The molecule has 0 unspecified atom stereocenters. The van der Waals surface area contributed by atoms with Crippen molar-refractivity contribution in [2.24, 2.45) is 0 Å². The normalized spacial score (nSPS) is 10.2. The Hall–Kier alpha value is -4.04. The topological polar surface area (TPSA) is 103 Å². The van der Waals surface area contributed by atoms with E-state index in [2.05, 4.69) is 10.6 Å². The zero-order valence-electron chi connectivity index (χ0n) is 18.8. The number of aryl methyl sites for hydroxylation is 1. The number of ether oxygens (including phenoxy) is 3. The molecule has 3 aromatic rings. The van der Waals surface area contributed by atoms with E-state index in [-0.39, 0.29) is 33.3 Å². The van der Waals surface area contributed by atoms with Crippen LogP contribution in [0.4, 0.5) is 11.4 Å². The van der Waals surface area contributed by atoms with E-state index in [1.165, 1.54) is 26.4 Å². The van der Waals surface area contributed by atoms with Gasteiger partial charge >= 0.3 is 5.97 Å². The molecular weight excluding hydrogens is 460 g/mol. The van der Waals surface area contributed by atoms with Crippen molar-refractivity contribution < 1.29 is 28.6 Å². The summed E-state index contributed by atoms with van der Waals surface area (Å²) in [6.45, 7) is 1.37. The Labute approximate surface area is 201 Å². The van der Waals surface area contributed by atoms with Gasteiger partial charge in [-0.2, -0.15) is 0 Å². The first-order valence-corrected chi connectivity index (χ1v) is 10.6. The van der Waals surface area contributed by atoms with Crippen LogP contribution in [0.5, 0.6) is 11.5 Å². The number of halogens is 1. The predicted octanol–water partition coefficient (Wildman–Crippen LogP) is 4.71. The molecule has 0 heterocycles. The van der Waals surface area contributed by atoms with Crippen molar-refractivity contribution >= 4 is 40.8 Å². The van der Waals surface area contributed by atoms with Gasteiger partial charge in [0.05, 0.1) is 36.1 Å². The van der Waals surface area contributed by atoms with E-state index in [4.69, 9.17) is 25.8 Å². The van der Waals surface area contributed by atoms with Crippen LogP contribution in [-0.2, 0) is 9.53 Å². The fourth-order valence-electron chi connectivity index (χ4n) is 3.12. The minimum absolute atomic E-state index is 0.0265. The van der Waals surface area contributed by atoms with Crippen LogP contribution in [0.3, 0.4) is 0 Å². The largest absolute Gasteiger partial charge is 0.493 e. The summed E-state index contributed by atoms with van der Waals surface area (Å²) in [4.78, 5) is 37.9. The second-order valence-corrected chi connectivity index (χ2v) is 7.59. The molecule has 3 rings (SSSR count). The summed E-state index contributed by atoms with van der Waals surface area (Å²) >= 11 is 6.11. The molecule has 2 N–H and O–H groups in total. The van der Waals surface area contributed by atoms with E-state index >= 15 is 0 Å². The number of amides is 2. The standard InChI is InChI=1S/C25H23ClN2O6/c1-15-7-6-8-16(11-15)27-23(29)14-34-25(31)18-12-21(32-2)22(33-3)13-20(18)28-24(30)17-9-4-5-10-19(17)26/h4-13H,14H2,1-3H3,(H,27,29)(H,28,30). The van der Waals surface area contributed by atoms with Gasteiger partial charge in [-0.3, -0.25) is 9.59 Å². The van der Waals surface area contributed by atoms with E-state index in [1.807, 2.05) is 13.0 Å². The van der Waals surface area contributed by atoms with Crippen LogP contribution in [0.25, 0.3) is 0 Å². The summed E-state index contributed by atoms with van der Waals surface area (Å²) in [6.07, 6.45) is 0. The zero-order chi connectivity index (χ0) is 24.7. The zero-order valence-corrected chi connectivity index (χ0v) is 19.6. The average Bonchev–Trinajstić information content (AvgIpc) is 2.82. The summed E-state index contributed by atoms with van der Waals surface area (Å²) in [7, 11) is 2.83. The molecule has 34 heavy (non-hydrogen) atoms. The van der Waals surface area contributed by atoms with Crippen LogP contribution in [0.1, 0.15) is 26.3 Å². The maximum Gasteiger partial charge on any atom is 0.340 e. The Balaban J connectivity index is 1.80. The number of anilines is 2. The highest BCUT2D eigenvalue weighted by atomic mass is 35.5. The highest BCUT2D eigenvalue weighted by molar-refractivity contribution is 6.34. The van der Waals surface area contributed by atoms with Gasteiger partial charge in [0.15, 0.2) is 18.1 Å². The van der Waals surface area contributed by atoms with E-state index in [0.29, 0.717) is 5.69 Å². The molecule has 3 aromatic carbocycles. The van der Waals surface area contributed by atoms with Crippen molar-refractivity contribution in [3.05, 3.63) is 82.4 Å². The number of benzene rings is 3. The van der Waals surface area contributed by atoms with Crippen LogP contribution in [-0.4, -0.2) is 38.6 Å². The molecule has 0 aliphatic heterocycles. The van der Waals surface area contributed by atoms with E-state index in [9.17, 15) is 14.4 Å². The van der Waals surface area contributed by atoms with E-state index < -0.39 is 24.4 Å². The molecule has 0 saturated carbocycles. The summed E-state index contributed by atoms with van der Waals surface area (Å²) in [5.74, 6) is -1.36. The molecule has 0 spiro atoms. The second-order valence-electron chi connectivity index (χ2n) is 7.18. The van der Waals surface area contributed by atoms with Gasteiger partial charge in [-0.05, 0) is 36.8 Å². The molecule has 0 aliphatic carbocycles. The number of hydrogen-bond donors (Lipinski definition) is 2. The molecule has 0 saturated heterocycles. The Morgan fingerprint density at radius 1 is 0.853 bits per heavy atom. The van der Waals surface area contributed by atoms with E-state index in [1.54, 1.807) is 42.5 Å². The molecule has 0 bridgehead atoms. The monoisotopic (exact) mass is 482 g/mol. The smallest absolute Gasteiger partial charge is 0.340 e. The van der Waals surface area contributed by atoms with Crippen molar-refractivity contribution in [2.45, 2.75) is 6.92 Å². The summed E-state index contributed by atoms with van der Waals surface area (Å²) in [5.41, 5.74) is 1.85. The molecule has 2 amide bonds. The summed E-state index contributed by atoms with van der Waals surface area (Å²) in [6, 6.07) is 16.5.